The number of amides is 1. The number of anilines is 1. The van der Waals surface area contributed by atoms with E-state index in [1.54, 1.807) is 0 Å². The Hall–Kier alpha value is -2.09. The number of carbonyl (C=O) groups is 1. The molecule has 0 aromatic carbocycles. The molecule has 1 fully saturated rings. The number of nitrogens with zero attached hydrogens (tertiary/aromatic N) is 4. The number of aromatic nitrogens is 1. The van der Waals surface area contributed by atoms with Crippen LogP contribution in [0.2, 0.25) is 0 Å². The van der Waals surface area contributed by atoms with E-state index in [4.69, 9.17) is 0 Å². The monoisotopic (exact) mass is 314 g/mol. The Morgan fingerprint density at radius 3 is 2.52 bits per heavy atom. The maximum Gasteiger partial charge on any atom is 0.225 e. The van der Waals surface area contributed by atoms with Gasteiger partial charge in [0.2, 0.25) is 5.91 Å². The van der Waals surface area contributed by atoms with Gasteiger partial charge in [-0.3, -0.25) is 9.78 Å². The zero-order valence-electron chi connectivity index (χ0n) is 14.8. The smallest absolute Gasteiger partial charge is 0.225 e. The summed E-state index contributed by atoms with van der Waals surface area (Å²) < 4.78 is 0. The third-order valence-electron chi connectivity index (χ3n) is 4.73. The lowest BCUT2D eigenvalue weighted by Crippen LogP contribution is -2.43. The first-order chi connectivity index (χ1) is 10.8. The highest BCUT2D eigenvalue weighted by atomic mass is 16.2. The van der Waals surface area contributed by atoms with Crippen LogP contribution < -0.4 is 4.90 Å². The van der Waals surface area contributed by atoms with Crippen LogP contribution in [0.15, 0.2) is 6.07 Å². The molecule has 0 N–H and O–H groups in total. The maximum absolute atomic E-state index is 12.5. The third-order valence-corrected chi connectivity index (χ3v) is 4.73. The van der Waals surface area contributed by atoms with Crippen LogP contribution in [-0.2, 0) is 4.79 Å². The minimum Gasteiger partial charge on any atom is -0.370 e. The van der Waals surface area contributed by atoms with E-state index in [0.717, 1.165) is 43.0 Å². The van der Waals surface area contributed by atoms with Gasteiger partial charge in [-0.05, 0) is 46.6 Å². The first-order valence-corrected chi connectivity index (χ1v) is 8.25. The van der Waals surface area contributed by atoms with E-state index < -0.39 is 0 Å². The van der Waals surface area contributed by atoms with E-state index in [1.165, 1.54) is 0 Å². The Bertz CT molecular complexity index is 625. The van der Waals surface area contributed by atoms with E-state index in [-0.39, 0.29) is 17.9 Å². The van der Waals surface area contributed by atoms with Crippen LogP contribution in [0.5, 0.6) is 0 Å². The molecule has 1 amide bonds. The van der Waals surface area contributed by atoms with Gasteiger partial charge < -0.3 is 9.80 Å². The van der Waals surface area contributed by atoms with Crippen LogP contribution in [0.25, 0.3) is 0 Å². The van der Waals surface area contributed by atoms with Crippen molar-refractivity contribution in [2.75, 3.05) is 25.0 Å². The largest absolute Gasteiger partial charge is 0.370 e. The number of nitriles is 1. The summed E-state index contributed by atoms with van der Waals surface area (Å²) in [5, 5.41) is 9.42. The molecular weight excluding hydrogens is 288 g/mol. The van der Waals surface area contributed by atoms with Gasteiger partial charge in [-0.25, -0.2) is 0 Å². The Morgan fingerprint density at radius 2 is 2.00 bits per heavy atom. The summed E-state index contributed by atoms with van der Waals surface area (Å²) in [5.74, 6) is 0.329. The first-order valence-electron chi connectivity index (χ1n) is 8.25. The molecular formula is C18H26N4O. The molecule has 1 saturated heterocycles. The standard InChI is InChI=1S/C18H26N4O/c1-12(2)21(5)18(23)15-6-8-22(9-7-15)17-10-13(3)20-14(4)16(17)11-19/h10,12,15H,6-9H2,1-5H3. The highest BCUT2D eigenvalue weighted by Crippen LogP contribution is 2.28. The lowest BCUT2D eigenvalue weighted by molar-refractivity contribution is -0.136. The average molecular weight is 314 g/mol. The van der Waals surface area contributed by atoms with Crippen molar-refractivity contribution in [3.63, 3.8) is 0 Å². The van der Waals surface area contributed by atoms with Crippen molar-refractivity contribution in [1.82, 2.24) is 9.88 Å². The fraction of sp³-hybridized carbons (Fsp3) is 0.611. The Balaban J connectivity index is 2.11. The van der Waals surface area contributed by atoms with Gasteiger partial charge in [-0.15, -0.1) is 0 Å². The minimum absolute atomic E-state index is 0.0909. The van der Waals surface area contributed by atoms with Gasteiger partial charge in [0, 0.05) is 37.8 Å². The molecule has 1 aromatic rings. The van der Waals surface area contributed by atoms with E-state index >= 15 is 0 Å². The van der Waals surface area contributed by atoms with Crippen LogP contribution in [0.1, 0.15) is 43.6 Å². The van der Waals surface area contributed by atoms with Crippen molar-refractivity contribution in [2.45, 2.75) is 46.6 Å². The van der Waals surface area contributed by atoms with Gasteiger partial charge in [0.05, 0.1) is 16.9 Å². The minimum atomic E-state index is 0.0909. The van der Waals surface area contributed by atoms with Gasteiger partial charge >= 0.3 is 0 Å². The molecule has 5 heteroatoms. The van der Waals surface area contributed by atoms with Crippen molar-refractivity contribution in [1.29, 1.82) is 5.26 Å². The van der Waals surface area contributed by atoms with Crippen LogP contribution in [0.4, 0.5) is 5.69 Å². The second-order valence-corrected chi connectivity index (χ2v) is 6.66. The summed E-state index contributed by atoms with van der Waals surface area (Å²) in [5.41, 5.74) is 3.31. The van der Waals surface area contributed by atoms with E-state index in [0.29, 0.717) is 5.56 Å². The molecule has 1 aromatic heterocycles. The lowest BCUT2D eigenvalue weighted by atomic mass is 9.94. The number of hydrogen-bond acceptors (Lipinski definition) is 4. The van der Waals surface area contributed by atoms with Crippen molar-refractivity contribution in [2.24, 2.45) is 5.92 Å². The summed E-state index contributed by atoms with van der Waals surface area (Å²) >= 11 is 0. The van der Waals surface area contributed by atoms with Crippen molar-refractivity contribution in [3.05, 3.63) is 23.0 Å². The van der Waals surface area contributed by atoms with Crippen molar-refractivity contribution >= 4 is 11.6 Å². The Labute approximate surface area is 138 Å². The topological polar surface area (TPSA) is 60.2 Å². The maximum atomic E-state index is 12.5. The highest BCUT2D eigenvalue weighted by Gasteiger charge is 2.29. The number of piperidine rings is 1. The summed E-state index contributed by atoms with van der Waals surface area (Å²) in [6.45, 7) is 9.51. The van der Waals surface area contributed by atoms with Gasteiger partial charge in [0.25, 0.3) is 0 Å². The first kappa shape index (κ1) is 17.3. The van der Waals surface area contributed by atoms with Crippen LogP contribution in [0, 0.1) is 31.1 Å². The second kappa shape index (κ2) is 6.99. The SMILES string of the molecule is Cc1cc(N2CCC(C(=O)N(C)C(C)C)CC2)c(C#N)c(C)n1. The summed E-state index contributed by atoms with van der Waals surface area (Å²) in [6.07, 6.45) is 1.67. The third kappa shape index (κ3) is 3.64. The predicted molar refractivity (Wildman–Crippen MR) is 91.3 cm³/mol. The quantitative estimate of drug-likeness (QED) is 0.860. The second-order valence-electron chi connectivity index (χ2n) is 6.66. The fourth-order valence-corrected chi connectivity index (χ4v) is 3.11. The molecule has 1 aliphatic rings. The highest BCUT2D eigenvalue weighted by molar-refractivity contribution is 5.79. The Morgan fingerprint density at radius 1 is 1.39 bits per heavy atom. The normalized spacial score (nSPS) is 15.6. The Kier molecular flexibility index (Phi) is 5.25. The molecule has 0 atom stereocenters. The summed E-state index contributed by atoms with van der Waals surface area (Å²) in [4.78, 5) is 20.9. The van der Waals surface area contributed by atoms with Crippen LogP contribution >= 0.6 is 0 Å². The number of rotatable bonds is 3. The van der Waals surface area contributed by atoms with Crippen LogP contribution in [0.3, 0.4) is 0 Å². The number of hydrogen-bond donors (Lipinski definition) is 0. The molecule has 0 spiro atoms. The van der Waals surface area contributed by atoms with Gasteiger partial charge in [0.1, 0.15) is 6.07 Å². The lowest BCUT2D eigenvalue weighted by Gasteiger charge is -2.36. The number of pyridine rings is 1. The van der Waals surface area contributed by atoms with Crippen LogP contribution in [-0.4, -0.2) is 42.0 Å². The molecule has 0 bridgehead atoms. The summed E-state index contributed by atoms with van der Waals surface area (Å²) in [7, 11) is 1.88. The van der Waals surface area contributed by atoms with Crippen molar-refractivity contribution in [3.8, 4) is 6.07 Å². The van der Waals surface area contributed by atoms with E-state index in [9.17, 15) is 10.1 Å². The van der Waals surface area contributed by atoms with Gasteiger partial charge in [0.15, 0.2) is 0 Å². The number of aryl methyl sites for hydroxylation is 2. The molecule has 5 nitrogen and oxygen atoms in total. The molecule has 1 aliphatic heterocycles. The molecule has 124 valence electrons. The molecule has 0 unspecified atom stereocenters. The van der Waals surface area contributed by atoms with Gasteiger partial charge in [-0.2, -0.15) is 5.26 Å². The van der Waals surface area contributed by atoms with E-state index in [2.05, 4.69) is 16.0 Å². The zero-order chi connectivity index (χ0) is 17.1. The molecule has 0 saturated carbocycles. The van der Waals surface area contributed by atoms with Gasteiger partial charge in [-0.1, -0.05) is 0 Å². The summed E-state index contributed by atoms with van der Waals surface area (Å²) in [6, 6.07) is 4.49. The fourth-order valence-electron chi connectivity index (χ4n) is 3.11. The molecule has 0 aliphatic carbocycles. The van der Waals surface area contributed by atoms with E-state index in [1.807, 2.05) is 45.7 Å². The predicted octanol–water partition coefficient (Wildman–Crippen LogP) is 2.65. The number of carbonyl (C=O) groups excluding carboxylic acids is 1. The molecule has 2 rings (SSSR count). The molecule has 2 heterocycles. The molecule has 0 radical (unpaired) electrons. The van der Waals surface area contributed by atoms with Crippen molar-refractivity contribution < 1.29 is 4.79 Å². The average Bonchev–Trinajstić information content (AvgIpc) is 2.52. The molecule has 23 heavy (non-hydrogen) atoms. The zero-order valence-corrected chi connectivity index (χ0v) is 14.8.